The second kappa shape index (κ2) is 27.4. The average molecular weight is 1050 g/mol. The first-order chi connectivity index (χ1) is 36.6. The summed E-state index contributed by atoms with van der Waals surface area (Å²) in [6.07, 6.45) is 28.1. The molecule has 0 saturated heterocycles. The number of benzene rings is 2. The molecule has 0 unspecified atom stereocenters. The maximum atomic E-state index is 12.4. The Kier molecular flexibility index (Phi) is 20.8. The van der Waals surface area contributed by atoms with E-state index in [4.69, 9.17) is 18.9 Å². The molecule has 15 nitrogen and oxygen atoms in total. The first kappa shape index (κ1) is 57.8. The number of fused-ring (bicyclic) bond motifs is 5. The first-order valence-electron chi connectivity index (χ1n) is 28.0. The molecule has 7 rings (SSSR count). The molecule has 4 aliphatic carbocycles. The smallest absolute Gasteiger partial charge is 0.246 e. The number of amides is 2. The number of unbranched alkanes of at least 4 members (excludes halogenated alkanes) is 1. The van der Waals surface area contributed by atoms with Crippen LogP contribution in [0.3, 0.4) is 0 Å². The molecule has 76 heavy (non-hydrogen) atoms. The summed E-state index contributed by atoms with van der Waals surface area (Å²) in [6.45, 7) is 14.5. The highest BCUT2D eigenvalue weighted by atomic mass is 16.5. The molecule has 3 aromatic rings. The Bertz CT molecular complexity index is 2550. The fraction of sp³-hybridized carbons (Fsp3) is 0.590. The zero-order valence-electron chi connectivity index (χ0n) is 46.3. The Labute approximate surface area is 451 Å². The number of aromatic hydroxyl groups is 1. The highest BCUT2D eigenvalue weighted by Crippen LogP contribution is 2.67. The molecular formula is C61H86N6O9. The van der Waals surface area contributed by atoms with Crippen molar-refractivity contribution in [1.29, 1.82) is 0 Å². The van der Waals surface area contributed by atoms with E-state index in [0.29, 0.717) is 58.3 Å². The number of carbonyl (C=O) groups is 3. The number of aliphatic hydroxyl groups is 1. The molecule has 0 aliphatic heterocycles. The second-order valence-electron chi connectivity index (χ2n) is 22.8. The molecule has 5 N–H and O–H groups in total. The highest BCUT2D eigenvalue weighted by Gasteiger charge is 2.59. The van der Waals surface area contributed by atoms with Gasteiger partial charge in [0, 0.05) is 25.2 Å². The molecule has 1 heterocycles. The van der Waals surface area contributed by atoms with Crippen molar-refractivity contribution < 1.29 is 43.5 Å². The fourth-order valence-corrected chi connectivity index (χ4v) is 13.3. The maximum absolute atomic E-state index is 12.4. The van der Waals surface area contributed by atoms with Gasteiger partial charge in [-0.1, -0.05) is 95.0 Å². The Morgan fingerprint density at radius 1 is 0.829 bits per heavy atom. The quantitative estimate of drug-likeness (QED) is 0.0152. The maximum Gasteiger partial charge on any atom is 0.246 e. The van der Waals surface area contributed by atoms with Crippen molar-refractivity contribution in [3.8, 4) is 23.0 Å². The van der Waals surface area contributed by atoms with Crippen molar-refractivity contribution in [2.24, 2.45) is 46.3 Å². The molecule has 0 bridgehead atoms. The summed E-state index contributed by atoms with van der Waals surface area (Å²) in [6, 6.07) is 10.4. The lowest BCUT2D eigenvalue weighted by Gasteiger charge is -2.58. The zero-order valence-corrected chi connectivity index (χ0v) is 46.3. The molecule has 3 saturated carbocycles. The van der Waals surface area contributed by atoms with E-state index < -0.39 is 5.78 Å². The highest BCUT2D eigenvalue weighted by molar-refractivity contribution is 6.02. The third-order valence-corrected chi connectivity index (χ3v) is 17.3. The van der Waals surface area contributed by atoms with Crippen LogP contribution in [0.1, 0.15) is 135 Å². The average Bonchev–Trinajstić information content (AvgIpc) is 4.01. The fourth-order valence-electron chi connectivity index (χ4n) is 13.3. The standard InChI is InChI=1S/C61H86N6O9/c1-41(2)11-10-12-42(3)51-21-22-52-50-20-17-45-35-46(25-27-60(45,4)53(50)26-28-61(51,52)5)62-29-8-9-30-63-58(71)39-75-40-59(72)64-31-32-67-37-47(65-66-67)38-76-55-24-16-44(34-57(55)74-7)14-19-49(69)36-48(68)18-13-43-15-23-54(70)56(33-43)73-6/h13-19,23-24,33-34,36-37,41-42,46,50-53,62,69-70H,8-12,20-22,25-32,35,38-40H2,1-7H3,(H,63,71)(H,64,72)/b18-13+,19-14+,49-36-/t42-,46+,50+,51-,52+,53+,60+,61-/m1/s1. The van der Waals surface area contributed by atoms with Crippen molar-refractivity contribution in [3.05, 3.63) is 95.1 Å². The summed E-state index contributed by atoms with van der Waals surface area (Å²) in [7, 11) is 2.95. The van der Waals surface area contributed by atoms with Gasteiger partial charge in [-0.2, -0.15) is 0 Å². The summed E-state index contributed by atoms with van der Waals surface area (Å²) < 4.78 is 23.5. The number of phenols is 1. The molecule has 4 aliphatic rings. The molecule has 2 aromatic carbocycles. The van der Waals surface area contributed by atoms with Gasteiger partial charge in [-0.05, 0) is 165 Å². The summed E-state index contributed by atoms with van der Waals surface area (Å²) in [5, 5.41) is 37.9. The Hall–Kier alpha value is -5.93. The molecule has 414 valence electrons. The minimum atomic E-state index is -0.431. The van der Waals surface area contributed by atoms with Crippen LogP contribution in [-0.4, -0.2) is 95.9 Å². The second-order valence-corrected chi connectivity index (χ2v) is 22.8. The number of allylic oxidation sites excluding steroid dienone is 4. The van der Waals surface area contributed by atoms with Gasteiger partial charge in [0.05, 0.1) is 27.0 Å². The lowest BCUT2D eigenvalue weighted by molar-refractivity contribution is -0.131. The van der Waals surface area contributed by atoms with Crippen molar-refractivity contribution >= 4 is 29.7 Å². The van der Waals surface area contributed by atoms with Crippen molar-refractivity contribution in [1.82, 2.24) is 30.9 Å². The topological polar surface area (TPSA) is 195 Å². The van der Waals surface area contributed by atoms with E-state index in [1.165, 1.54) is 103 Å². The van der Waals surface area contributed by atoms with Crippen LogP contribution >= 0.6 is 0 Å². The Balaban J connectivity index is 0.719. The largest absolute Gasteiger partial charge is 0.508 e. The van der Waals surface area contributed by atoms with E-state index in [1.54, 1.807) is 58.9 Å². The van der Waals surface area contributed by atoms with Gasteiger partial charge >= 0.3 is 0 Å². The number of rotatable bonds is 28. The number of nitrogens with zero attached hydrogens (tertiary/aromatic N) is 3. The Morgan fingerprint density at radius 3 is 2.32 bits per heavy atom. The molecule has 1 aromatic heterocycles. The first-order valence-corrected chi connectivity index (χ1v) is 28.0. The lowest BCUT2D eigenvalue weighted by atomic mass is 9.47. The third kappa shape index (κ3) is 15.4. The third-order valence-electron chi connectivity index (χ3n) is 17.3. The van der Waals surface area contributed by atoms with Crippen LogP contribution in [0.15, 0.2) is 78.2 Å². The van der Waals surface area contributed by atoms with Gasteiger partial charge in [-0.3, -0.25) is 19.1 Å². The number of phenolic OH excluding ortho intramolecular Hbond substituents is 1. The summed E-state index contributed by atoms with van der Waals surface area (Å²) >= 11 is 0. The van der Waals surface area contributed by atoms with E-state index in [2.05, 4.69) is 67.0 Å². The number of nitrogens with one attached hydrogen (secondary N) is 3. The van der Waals surface area contributed by atoms with E-state index in [0.717, 1.165) is 61.0 Å². The summed E-state index contributed by atoms with van der Waals surface area (Å²) in [5.41, 5.74) is 4.52. The zero-order chi connectivity index (χ0) is 54.2. The summed E-state index contributed by atoms with van der Waals surface area (Å²) in [4.78, 5) is 37.2. The van der Waals surface area contributed by atoms with E-state index in [-0.39, 0.29) is 55.4 Å². The normalized spacial score (nSPS) is 24.7. The minimum Gasteiger partial charge on any atom is -0.508 e. The minimum absolute atomic E-state index is 0.00665. The van der Waals surface area contributed by atoms with Crippen LogP contribution in [0.2, 0.25) is 0 Å². The molecule has 0 radical (unpaired) electrons. The van der Waals surface area contributed by atoms with Crippen molar-refractivity contribution in [3.63, 3.8) is 0 Å². The SMILES string of the molecule is COc1cc(/C=C/C(=O)/C=C(O)/C=C/c2ccc(OCc3cn(CCNC(=O)COCC(=O)NCCCCN[C@H]4CC[C@@]5(C)C(=CC[C@H]6[C@@H]7CC[C@H]([C@H](C)CCCC(C)C)[C@@]7(C)CC[C@@H]65)C4)nn3)c(OC)c2)ccc1O. The lowest BCUT2D eigenvalue weighted by Crippen LogP contribution is -2.51. The molecule has 8 atom stereocenters. The van der Waals surface area contributed by atoms with Gasteiger partial charge in [0.25, 0.3) is 0 Å². The molecule has 3 fully saturated rings. The van der Waals surface area contributed by atoms with E-state index >= 15 is 0 Å². The number of hydrogen-bond donors (Lipinski definition) is 5. The van der Waals surface area contributed by atoms with Crippen LogP contribution in [0, 0.1) is 46.3 Å². The predicted octanol–water partition coefficient (Wildman–Crippen LogP) is 10.3. The van der Waals surface area contributed by atoms with Crippen LogP contribution in [0.25, 0.3) is 12.2 Å². The van der Waals surface area contributed by atoms with Gasteiger partial charge in [0.15, 0.2) is 28.8 Å². The molecule has 0 spiro atoms. The van der Waals surface area contributed by atoms with Gasteiger partial charge in [0.1, 0.15) is 31.3 Å². The number of methoxy groups -OCH3 is 2. The van der Waals surface area contributed by atoms with Crippen LogP contribution in [0.5, 0.6) is 23.0 Å². The van der Waals surface area contributed by atoms with Crippen LogP contribution in [-0.2, 0) is 32.3 Å². The van der Waals surface area contributed by atoms with E-state index in [1.807, 2.05) is 0 Å². The number of ketones is 1. The van der Waals surface area contributed by atoms with Gasteiger partial charge in [0.2, 0.25) is 11.8 Å². The monoisotopic (exact) mass is 1050 g/mol. The number of carbonyl (C=O) groups excluding carboxylic acids is 3. The van der Waals surface area contributed by atoms with Gasteiger partial charge in [-0.25, -0.2) is 0 Å². The number of hydrogen-bond acceptors (Lipinski definition) is 12. The van der Waals surface area contributed by atoms with E-state index in [9.17, 15) is 24.6 Å². The van der Waals surface area contributed by atoms with Crippen LogP contribution < -0.4 is 30.2 Å². The van der Waals surface area contributed by atoms with Gasteiger partial charge < -0.3 is 45.1 Å². The van der Waals surface area contributed by atoms with Crippen molar-refractivity contribution in [2.45, 2.75) is 137 Å². The molecule has 2 amide bonds. The molecule has 15 heteroatoms. The number of aliphatic hydroxyl groups excluding tert-OH is 1. The van der Waals surface area contributed by atoms with Crippen molar-refractivity contribution in [2.75, 3.05) is 47.1 Å². The summed E-state index contributed by atoms with van der Waals surface area (Å²) in [5.74, 6) is 5.12. The number of ether oxygens (including phenoxy) is 4. The molecular weight excluding hydrogens is 961 g/mol. The van der Waals surface area contributed by atoms with Gasteiger partial charge in [-0.15, -0.1) is 5.10 Å². The number of aromatic nitrogens is 3. The van der Waals surface area contributed by atoms with Crippen LogP contribution in [0.4, 0.5) is 0 Å². The Morgan fingerprint density at radius 2 is 1.55 bits per heavy atom. The predicted molar refractivity (Wildman–Crippen MR) is 297 cm³/mol.